The maximum Gasteiger partial charge on any atom is 0.251 e. The highest BCUT2D eigenvalue weighted by Gasteiger charge is 2.07. The molecule has 0 unspecified atom stereocenters. The van der Waals surface area contributed by atoms with Gasteiger partial charge in [-0.25, -0.2) is 0 Å². The Morgan fingerprint density at radius 2 is 2.12 bits per heavy atom. The number of H-pyrrole nitrogens is 1. The van der Waals surface area contributed by atoms with Crippen LogP contribution in [0.5, 0.6) is 0 Å². The second-order valence-corrected chi connectivity index (χ2v) is 7.04. The van der Waals surface area contributed by atoms with E-state index in [1.807, 2.05) is 54.8 Å². The number of carbonyl (C=O) groups excluding carboxylic acids is 1. The zero-order valence-corrected chi connectivity index (χ0v) is 15.1. The lowest BCUT2D eigenvalue weighted by Crippen LogP contribution is -2.27. The van der Waals surface area contributed by atoms with Gasteiger partial charge in [-0.05, 0) is 61.4 Å². The van der Waals surface area contributed by atoms with Crippen LogP contribution in [0.2, 0.25) is 0 Å². The van der Waals surface area contributed by atoms with Gasteiger partial charge in [0.1, 0.15) is 0 Å². The average molecular weight is 352 g/mol. The molecule has 2 N–H and O–H groups in total. The fourth-order valence-electron chi connectivity index (χ4n) is 2.66. The van der Waals surface area contributed by atoms with Crippen molar-refractivity contribution in [2.75, 3.05) is 6.54 Å². The normalized spacial score (nSPS) is 11.7. The molecule has 3 rings (SSSR count). The Kier molecular flexibility index (Phi) is 5.14. The van der Waals surface area contributed by atoms with E-state index < -0.39 is 0 Å². The van der Waals surface area contributed by atoms with Crippen molar-refractivity contribution in [2.45, 2.75) is 20.3 Å². The predicted molar refractivity (Wildman–Crippen MR) is 104 cm³/mol. The van der Waals surface area contributed by atoms with Crippen LogP contribution in [0.3, 0.4) is 0 Å². The summed E-state index contributed by atoms with van der Waals surface area (Å²) in [7, 11) is 0. The number of hydrogen-bond acceptors (Lipinski definition) is 3. The number of nitrogens with one attached hydrogen (secondary N) is 2. The zero-order chi connectivity index (χ0) is 17.8. The van der Waals surface area contributed by atoms with Gasteiger partial charge in [0, 0.05) is 28.1 Å². The molecule has 2 aromatic heterocycles. The number of thiophene rings is 1. The summed E-state index contributed by atoms with van der Waals surface area (Å²) in [6.45, 7) is 4.24. The van der Waals surface area contributed by atoms with Crippen molar-refractivity contribution in [3.05, 3.63) is 73.7 Å². The summed E-state index contributed by atoms with van der Waals surface area (Å²) >= 11 is 1.59. The molecule has 0 aliphatic heterocycles. The van der Waals surface area contributed by atoms with Gasteiger partial charge in [0.25, 0.3) is 5.56 Å². The molecule has 0 aliphatic rings. The molecule has 3 aromatic rings. The van der Waals surface area contributed by atoms with E-state index in [2.05, 4.69) is 10.3 Å². The lowest BCUT2D eigenvalue weighted by molar-refractivity contribution is -0.117. The van der Waals surface area contributed by atoms with Crippen LogP contribution in [-0.2, 0) is 11.2 Å². The minimum atomic E-state index is -0.110. The Morgan fingerprint density at radius 3 is 2.88 bits per heavy atom. The van der Waals surface area contributed by atoms with Crippen LogP contribution in [0.1, 0.15) is 22.9 Å². The van der Waals surface area contributed by atoms with Crippen LogP contribution in [-0.4, -0.2) is 17.4 Å². The number of aromatic nitrogens is 1. The zero-order valence-electron chi connectivity index (χ0n) is 14.3. The monoisotopic (exact) mass is 352 g/mol. The summed E-state index contributed by atoms with van der Waals surface area (Å²) in [5.41, 5.74) is 3.21. The number of rotatable bonds is 5. The fraction of sp³-hybridized carbons (Fsp3) is 0.200. The Bertz CT molecular complexity index is 985. The summed E-state index contributed by atoms with van der Waals surface area (Å²) in [6.07, 6.45) is 2.36. The van der Waals surface area contributed by atoms with Crippen molar-refractivity contribution in [1.29, 1.82) is 0 Å². The van der Waals surface area contributed by atoms with Crippen LogP contribution in [0.15, 0.2) is 52.1 Å². The molecule has 4 nitrogen and oxygen atoms in total. The minimum Gasteiger partial charge on any atom is -0.352 e. The molecular weight excluding hydrogens is 332 g/mol. The largest absolute Gasteiger partial charge is 0.352 e. The van der Waals surface area contributed by atoms with Crippen molar-refractivity contribution in [3.8, 4) is 0 Å². The standard InChI is InChI=1S/C20H20N2O2S/c1-13-5-6-18-16(10-13)12-15(20(24)22-18)7-8-21-19(23)14(2)11-17-4-3-9-25-17/h3-6,9-12H,7-8H2,1-2H3,(H,21,23)(H,22,24)/b14-11+. The average Bonchev–Trinajstić information content (AvgIpc) is 3.08. The molecule has 0 saturated heterocycles. The molecule has 1 amide bonds. The van der Waals surface area contributed by atoms with Crippen LogP contribution in [0.25, 0.3) is 17.0 Å². The number of aryl methyl sites for hydroxylation is 1. The van der Waals surface area contributed by atoms with Gasteiger partial charge in [0.05, 0.1) is 0 Å². The highest BCUT2D eigenvalue weighted by molar-refractivity contribution is 7.10. The molecule has 0 aliphatic carbocycles. The summed E-state index contributed by atoms with van der Waals surface area (Å²) in [5, 5.41) is 5.86. The number of benzene rings is 1. The molecule has 128 valence electrons. The minimum absolute atomic E-state index is 0.101. The first-order valence-electron chi connectivity index (χ1n) is 8.15. The lowest BCUT2D eigenvalue weighted by atomic mass is 10.1. The third kappa shape index (κ3) is 4.25. The topological polar surface area (TPSA) is 62.0 Å². The van der Waals surface area contributed by atoms with Crippen LogP contribution in [0, 0.1) is 6.92 Å². The smallest absolute Gasteiger partial charge is 0.251 e. The van der Waals surface area contributed by atoms with Gasteiger partial charge in [-0.1, -0.05) is 17.7 Å². The van der Waals surface area contributed by atoms with Crippen molar-refractivity contribution >= 4 is 34.2 Å². The van der Waals surface area contributed by atoms with E-state index in [9.17, 15) is 9.59 Å². The molecule has 0 radical (unpaired) electrons. The summed E-state index contributed by atoms with van der Waals surface area (Å²) in [5.74, 6) is -0.110. The van der Waals surface area contributed by atoms with Crippen LogP contribution >= 0.6 is 11.3 Å². The summed E-state index contributed by atoms with van der Waals surface area (Å²) in [6, 6.07) is 11.8. The van der Waals surface area contributed by atoms with E-state index in [-0.39, 0.29) is 11.5 Å². The van der Waals surface area contributed by atoms with Crippen molar-refractivity contribution in [1.82, 2.24) is 10.3 Å². The van der Waals surface area contributed by atoms with Gasteiger partial charge in [-0.3, -0.25) is 9.59 Å². The highest BCUT2D eigenvalue weighted by Crippen LogP contribution is 2.14. The van der Waals surface area contributed by atoms with Crippen molar-refractivity contribution in [3.63, 3.8) is 0 Å². The molecular formula is C20H20N2O2S. The van der Waals surface area contributed by atoms with Crippen LogP contribution < -0.4 is 10.9 Å². The third-order valence-electron chi connectivity index (χ3n) is 4.02. The van der Waals surface area contributed by atoms with Gasteiger partial charge < -0.3 is 10.3 Å². The summed E-state index contributed by atoms with van der Waals surface area (Å²) in [4.78, 5) is 28.2. The molecule has 0 fully saturated rings. The SMILES string of the molecule is C/C(=C\c1cccs1)C(=O)NCCc1cc2cc(C)ccc2[nH]c1=O. The van der Waals surface area contributed by atoms with Gasteiger partial charge in [-0.15, -0.1) is 11.3 Å². The number of aromatic amines is 1. The number of fused-ring (bicyclic) bond motifs is 1. The second-order valence-electron chi connectivity index (χ2n) is 6.06. The Morgan fingerprint density at radius 1 is 1.28 bits per heavy atom. The number of amides is 1. The number of hydrogen-bond donors (Lipinski definition) is 2. The first kappa shape index (κ1) is 17.2. The van der Waals surface area contributed by atoms with Gasteiger partial charge in [-0.2, -0.15) is 0 Å². The molecule has 0 bridgehead atoms. The molecule has 25 heavy (non-hydrogen) atoms. The van der Waals surface area contributed by atoms with E-state index in [0.29, 0.717) is 24.1 Å². The molecule has 2 heterocycles. The summed E-state index contributed by atoms with van der Waals surface area (Å²) < 4.78 is 0. The predicted octanol–water partition coefficient (Wildman–Crippen LogP) is 3.66. The first-order valence-corrected chi connectivity index (χ1v) is 9.03. The second kappa shape index (κ2) is 7.49. The first-order chi connectivity index (χ1) is 12.0. The third-order valence-corrected chi connectivity index (χ3v) is 4.84. The van der Waals surface area contributed by atoms with Crippen LogP contribution in [0.4, 0.5) is 0 Å². The Balaban J connectivity index is 1.65. The van der Waals surface area contributed by atoms with Gasteiger partial charge >= 0.3 is 0 Å². The Hall–Kier alpha value is -2.66. The number of pyridine rings is 1. The fourth-order valence-corrected chi connectivity index (χ4v) is 3.38. The maximum absolute atomic E-state index is 12.2. The van der Waals surface area contributed by atoms with E-state index >= 15 is 0 Å². The lowest BCUT2D eigenvalue weighted by Gasteiger charge is -2.07. The highest BCUT2D eigenvalue weighted by atomic mass is 32.1. The maximum atomic E-state index is 12.2. The molecule has 0 atom stereocenters. The molecule has 1 aromatic carbocycles. The van der Waals surface area contributed by atoms with Crippen molar-refractivity contribution in [2.24, 2.45) is 0 Å². The number of carbonyl (C=O) groups is 1. The van der Waals surface area contributed by atoms with Gasteiger partial charge in [0.15, 0.2) is 0 Å². The Labute approximate surface area is 150 Å². The molecule has 0 saturated carbocycles. The molecule has 0 spiro atoms. The van der Waals surface area contributed by atoms with Crippen molar-refractivity contribution < 1.29 is 4.79 Å². The van der Waals surface area contributed by atoms with E-state index in [0.717, 1.165) is 21.3 Å². The molecule has 5 heteroatoms. The quantitative estimate of drug-likeness (QED) is 0.689. The van der Waals surface area contributed by atoms with Gasteiger partial charge in [0.2, 0.25) is 5.91 Å². The van der Waals surface area contributed by atoms with E-state index in [1.54, 1.807) is 18.3 Å². The van der Waals surface area contributed by atoms with E-state index in [1.165, 1.54) is 0 Å². The van der Waals surface area contributed by atoms with E-state index in [4.69, 9.17) is 0 Å².